The first kappa shape index (κ1) is 7.92. The van der Waals surface area contributed by atoms with E-state index in [0.717, 1.165) is 6.42 Å². The van der Waals surface area contributed by atoms with Gasteiger partial charge in [-0.2, -0.15) is 0 Å². The van der Waals surface area contributed by atoms with Crippen LogP contribution in [0.1, 0.15) is 20.3 Å². The number of hydrogen-bond acceptors (Lipinski definition) is 1. The van der Waals surface area contributed by atoms with Gasteiger partial charge in [0.05, 0.1) is 13.1 Å². The van der Waals surface area contributed by atoms with Gasteiger partial charge in [0.1, 0.15) is 0 Å². The fourth-order valence-corrected chi connectivity index (χ4v) is 1.12. The summed E-state index contributed by atoms with van der Waals surface area (Å²) in [6.07, 6.45) is 0.954. The van der Waals surface area contributed by atoms with Gasteiger partial charge in [0.15, 0.2) is 0 Å². The number of halogens is 2. The lowest BCUT2D eigenvalue weighted by Gasteiger charge is -2.42. The van der Waals surface area contributed by atoms with Crippen molar-refractivity contribution in [1.29, 1.82) is 0 Å². The van der Waals surface area contributed by atoms with E-state index in [1.807, 2.05) is 13.8 Å². The van der Waals surface area contributed by atoms with Crippen LogP contribution in [0.3, 0.4) is 0 Å². The topological polar surface area (TPSA) is 3.24 Å². The van der Waals surface area contributed by atoms with E-state index in [1.165, 1.54) is 0 Å². The molecule has 1 fully saturated rings. The van der Waals surface area contributed by atoms with Crippen LogP contribution in [0.15, 0.2) is 0 Å². The van der Waals surface area contributed by atoms with Gasteiger partial charge >= 0.3 is 0 Å². The Morgan fingerprint density at radius 3 is 2.30 bits per heavy atom. The normalized spacial score (nSPS) is 27.6. The maximum atomic E-state index is 12.2. The van der Waals surface area contributed by atoms with Crippen molar-refractivity contribution in [3.05, 3.63) is 0 Å². The third kappa shape index (κ3) is 1.45. The molecule has 1 nitrogen and oxygen atoms in total. The average molecular weight is 149 g/mol. The van der Waals surface area contributed by atoms with Crippen LogP contribution in [0.4, 0.5) is 8.78 Å². The van der Waals surface area contributed by atoms with Gasteiger partial charge in [-0.25, -0.2) is 8.78 Å². The van der Waals surface area contributed by atoms with E-state index < -0.39 is 5.92 Å². The van der Waals surface area contributed by atoms with Crippen LogP contribution in [0, 0.1) is 0 Å². The van der Waals surface area contributed by atoms with Gasteiger partial charge < -0.3 is 0 Å². The van der Waals surface area contributed by atoms with E-state index in [4.69, 9.17) is 0 Å². The molecule has 0 spiro atoms. The molecule has 1 aliphatic heterocycles. The van der Waals surface area contributed by atoms with Crippen molar-refractivity contribution in [3.63, 3.8) is 0 Å². The van der Waals surface area contributed by atoms with Crippen molar-refractivity contribution < 1.29 is 8.78 Å². The molecule has 0 aromatic heterocycles. The summed E-state index contributed by atoms with van der Waals surface area (Å²) in [7, 11) is 0. The zero-order valence-electron chi connectivity index (χ0n) is 6.40. The summed E-state index contributed by atoms with van der Waals surface area (Å²) in [6, 6.07) is 0.319. The lowest BCUT2D eigenvalue weighted by atomic mass is 10.1. The van der Waals surface area contributed by atoms with Gasteiger partial charge in [-0.05, 0) is 13.3 Å². The molecule has 0 aromatic rings. The van der Waals surface area contributed by atoms with Gasteiger partial charge in [0, 0.05) is 6.04 Å². The molecule has 0 unspecified atom stereocenters. The third-order valence-corrected chi connectivity index (χ3v) is 2.08. The molecule has 0 aromatic carbocycles. The minimum absolute atomic E-state index is 0.0397. The van der Waals surface area contributed by atoms with Crippen molar-refractivity contribution in [2.24, 2.45) is 0 Å². The van der Waals surface area contributed by atoms with Crippen LogP contribution >= 0.6 is 0 Å². The fourth-order valence-electron chi connectivity index (χ4n) is 1.12. The predicted molar refractivity (Wildman–Crippen MR) is 36.3 cm³/mol. The Bertz CT molecular complexity index is 117. The molecule has 60 valence electrons. The molecule has 1 saturated heterocycles. The summed E-state index contributed by atoms with van der Waals surface area (Å²) in [4.78, 5) is 1.81. The molecule has 10 heavy (non-hydrogen) atoms. The van der Waals surface area contributed by atoms with Crippen LogP contribution in [0.25, 0.3) is 0 Å². The van der Waals surface area contributed by atoms with Gasteiger partial charge in [-0.15, -0.1) is 0 Å². The van der Waals surface area contributed by atoms with Crippen molar-refractivity contribution in [2.45, 2.75) is 32.2 Å². The number of hydrogen-bond donors (Lipinski definition) is 0. The zero-order valence-corrected chi connectivity index (χ0v) is 6.40. The van der Waals surface area contributed by atoms with Gasteiger partial charge in [-0.3, -0.25) is 4.90 Å². The van der Waals surface area contributed by atoms with Gasteiger partial charge in [0.2, 0.25) is 0 Å². The van der Waals surface area contributed by atoms with E-state index in [9.17, 15) is 8.78 Å². The molecule has 0 amide bonds. The van der Waals surface area contributed by atoms with Gasteiger partial charge in [-0.1, -0.05) is 6.92 Å². The van der Waals surface area contributed by atoms with Crippen molar-refractivity contribution >= 4 is 0 Å². The molecule has 0 bridgehead atoms. The second-order valence-electron chi connectivity index (χ2n) is 3.02. The summed E-state index contributed by atoms with van der Waals surface area (Å²) >= 11 is 0. The quantitative estimate of drug-likeness (QED) is 0.578. The lowest BCUT2D eigenvalue weighted by Crippen LogP contribution is -2.59. The Labute approximate surface area is 60.0 Å². The number of alkyl halides is 2. The predicted octanol–water partition coefficient (Wildman–Crippen LogP) is 1.74. The van der Waals surface area contributed by atoms with Gasteiger partial charge in [0.25, 0.3) is 5.92 Å². The maximum Gasteiger partial charge on any atom is 0.272 e. The average Bonchev–Trinajstić information content (AvgIpc) is 1.81. The van der Waals surface area contributed by atoms with Crippen LogP contribution < -0.4 is 0 Å². The first-order valence-electron chi connectivity index (χ1n) is 3.67. The Hall–Kier alpha value is -0.180. The highest BCUT2D eigenvalue weighted by Gasteiger charge is 2.44. The van der Waals surface area contributed by atoms with Crippen LogP contribution in [0.5, 0.6) is 0 Å². The first-order valence-corrected chi connectivity index (χ1v) is 3.67. The summed E-state index contributed by atoms with van der Waals surface area (Å²) in [5.41, 5.74) is 0. The lowest BCUT2D eigenvalue weighted by molar-refractivity contribution is -0.143. The van der Waals surface area contributed by atoms with Crippen molar-refractivity contribution in [3.8, 4) is 0 Å². The highest BCUT2D eigenvalue weighted by molar-refractivity contribution is 4.89. The van der Waals surface area contributed by atoms with Crippen LogP contribution in [0.2, 0.25) is 0 Å². The molecule has 1 rings (SSSR count). The Kier molecular flexibility index (Phi) is 1.95. The summed E-state index contributed by atoms with van der Waals surface area (Å²) < 4.78 is 24.5. The molecular formula is C7H13F2N. The molecule has 0 saturated carbocycles. The summed E-state index contributed by atoms with van der Waals surface area (Å²) in [5, 5.41) is 0. The SMILES string of the molecule is CC[C@H](C)N1CC(F)(F)C1. The summed E-state index contributed by atoms with van der Waals surface area (Å²) in [5.74, 6) is -2.40. The zero-order chi connectivity index (χ0) is 7.78. The Balaban J connectivity index is 2.26. The van der Waals surface area contributed by atoms with Crippen molar-refractivity contribution in [2.75, 3.05) is 13.1 Å². The number of rotatable bonds is 2. The molecule has 1 heterocycles. The van der Waals surface area contributed by atoms with E-state index in [2.05, 4.69) is 0 Å². The summed E-state index contributed by atoms with van der Waals surface area (Å²) in [6.45, 7) is 3.92. The van der Waals surface area contributed by atoms with Crippen LogP contribution in [-0.4, -0.2) is 30.0 Å². The van der Waals surface area contributed by atoms with E-state index in [-0.39, 0.29) is 13.1 Å². The maximum absolute atomic E-state index is 12.2. The molecule has 0 radical (unpaired) electrons. The molecule has 3 heteroatoms. The third-order valence-electron chi connectivity index (χ3n) is 2.08. The number of nitrogens with zero attached hydrogens (tertiary/aromatic N) is 1. The highest BCUT2D eigenvalue weighted by Crippen LogP contribution is 2.28. The molecular weight excluding hydrogens is 136 g/mol. The molecule has 1 atom stereocenters. The van der Waals surface area contributed by atoms with E-state index in [0.29, 0.717) is 6.04 Å². The fraction of sp³-hybridized carbons (Fsp3) is 1.00. The molecule has 1 aliphatic rings. The van der Waals surface area contributed by atoms with E-state index in [1.54, 1.807) is 4.90 Å². The molecule has 0 aliphatic carbocycles. The van der Waals surface area contributed by atoms with E-state index >= 15 is 0 Å². The smallest absolute Gasteiger partial charge is 0.272 e. The molecule has 0 N–H and O–H groups in total. The second kappa shape index (κ2) is 2.46. The Morgan fingerprint density at radius 2 is 2.00 bits per heavy atom. The van der Waals surface area contributed by atoms with Crippen molar-refractivity contribution in [1.82, 2.24) is 4.90 Å². The monoisotopic (exact) mass is 149 g/mol. The highest BCUT2D eigenvalue weighted by atomic mass is 19.3. The van der Waals surface area contributed by atoms with Crippen LogP contribution in [-0.2, 0) is 0 Å². The first-order chi connectivity index (χ1) is 4.55. The second-order valence-corrected chi connectivity index (χ2v) is 3.02. The minimum atomic E-state index is -2.40. The number of likely N-dealkylation sites (tertiary alicyclic amines) is 1. The minimum Gasteiger partial charge on any atom is -0.289 e. The Morgan fingerprint density at radius 1 is 1.50 bits per heavy atom. The standard InChI is InChI=1S/C7H13F2N/c1-3-6(2)10-4-7(8,9)5-10/h6H,3-5H2,1-2H3/t6-/m0/s1. The largest absolute Gasteiger partial charge is 0.289 e.